The van der Waals surface area contributed by atoms with Crippen LogP contribution in [0.5, 0.6) is 0 Å². The molecule has 2 amide bonds. The summed E-state index contributed by atoms with van der Waals surface area (Å²) < 4.78 is 27.0. The summed E-state index contributed by atoms with van der Waals surface area (Å²) in [6.45, 7) is 0.647. The number of nitrogens with zero attached hydrogens (tertiary/aromatic N) is 1. The molecule has 0 bridgehead atoms. The number of nitrogens with one attached hydrogen (secondary N) is 1. The lowest BCUT2D eigenvalue weighted by molar-refractivity contribution is -0.125. The van der Waals surface area contributed by atoms with Gasteiger partial charge < -0.3 is 10.2 Å². The van der Waals surface area contributed by atoms with Crippen LogP contribution in [0.1, 0.15) is 23.2 Å². The molecule has 1 unspecified atom stereocenters. The van der Waals surface area contributed by atoms with Crippen molar-refractivity contribution in [2.24, 2.45) is 5.92 Å². The van der Waals surface area contributed by atoms with E-state index in [2.05, 4.69) is 5.32 Å². The van der Waals surface area contributed by atoms with Gasteiger partial charge in [-0.15, -0.1) is 0 Å². The summed E-state index contributed by atoms with van der Waals surface area (Å²) in [5, 5.41) is 1.85. The largest absolute Gasteiger partial charge is 0.359 e. The third kappa shape index (κ3) is 3.15. The van der Waals surface area contributed by atoms with E-state index in [1.54, 1.807) is 0 Å². The maximum atomic E-state index is 13.9. The first-order valence-electron chi connectivity index (χ1n) is 6.60. The van der Waals surface area contributed by atoms with E-state index in [9.17, 15) is 18.4 Å². The van der Waals surface area contributed by atoms with Crippen molar-refractivity contribution in [3.05, 3.63) is 34.4 Å². The van der Waals surface area contributed by atoms with Crippen molar-refractivity contribution >= 4 is 23.4 Å². The average molecular weight is 317 g/mol. The number of benzene rings is 1. The minimum Gasteiger partial charge on any atom is -0.359 e. The van der Waals surface area contributed by atoms with E-state index in [0.717, 1.165) is 12.1 Å². The molecule has 1 aromatic rings. The van der Waals surface area contributed by atoms with Crippen molar-refractivity contribution in [3.8, 4) is 0 Å². The molecule has 1 aromatic carbocycles. The Morgan fingerprint density at radius 2 is 2.10 bits per heavy atom. The van der Waals surface area contributed by atoms with Gasteiger partial charge in [0, 0.05) is 20.1 Å². The van der Waals surface area contributed by atoms with Crippen LogP contribution in [-0.4, -0.2) is 36.9 Å². The van der Waals surface area contributed by atoms with Crippen LogP contribution in [0.15, 0.2) is 12.1 Å². The van der Waals surface area contributed by atoms with Crippen molar-refractivity contribution in [2.75, 3.05) is 20.1 Å². The number of likely N-dealkylation sites (tertiary alicyclic amines) is 1. The monoisotopic (exact) mass is 316 g/mol. The first-order valence-corrected chi connectivity index (χ1v) is 6.98. The zero-order valence-electron chi connectivity index (χ0n) is 11.5. The number of hydrogen-bond acceptors (Lipinski definition) is 2. The molecule has 2 rings (SSSR count). The first-order chi connectivity index (χ1) is 9.95. The first kappa shape index (κ1) is 15.7. The Bertz CT molecular complexity index is 580. The molecule has 1 atom stereocenters. The number of carbonyl (C=O) groups is 2. The highest BCUT2D eigenvalue weighted by Crippen LogP contribution is 2.25. The van der Waals surface area contributed by atoms with Crippen molar-refractivity contribution in [1.29, 1.82) is 0 Å². The second-order valence-electron chi connectivity index (χ2n) is 4.93. The molecule has 1 fully saturated rings. The van der Waals surface area contributed by atoms with Crippen LogP contribution in [-0.2, 0) is 4.79 Å². The predicted octanol–water partition coefficient (Wildman–Crippen LogP) is 2.22. The highest BCUT2D eigenvalue weighted by Gasteiger charge is 2.30. The van der Waals surface area contributed by atoms with Crippen molar-refractivity contribution in [2.45, 2.75) is 12.8 Å². The molecule has 0 saturated carbocycles. The van der Waals surface area contributed by atoms with E-state index >= 15 is 0 Å². The Labute approximate surface area is 126 Å². The summed E-state index contributed by atoms with van der Waals surface area (Å²) in [5.74, 6) is -3.02. The van der Waals surface area contributed by atoms with Crippen LogP contribution in [0, 0.1) is 17.6 Å². The van der Waals surface area contributed by atoms with Gasteiger partial charge in [0.25, 0.3) is 5.91 Å². The second kappa shape index (κ2) is 6.39. The fourth-order valence-corrected chi connectivity index (χ4v) is 2.61. The molecule has 114 valence electrons. The molecule has 0 aromatic heterocycles. The normalized spacial score (nSPS) is 18.5. The number of hydrogen-bond donors (Lipinski definition) is 1. The summed E-state index contributed by atoms with van der Waals surface area (Å²) in [6, 6.07) is 2.03. The van der Waals surface area contributed by atoms with Gasteiger partial charge in [-0.25, -0.2) is 8.78 Å². The smallest absolute Gasteiger partial charge is 0.256 e. The summed E-state index contributed by atoms with van der Waals surface area (Å²) in [5.41, 5.74) is -0.279. The predicted molar refractivity (Wildman–Crippen MR) is 74.1 cm³/mol. The molecule has 1 aliphatic rings. The van der Waals surface area contributed by atoms with Gasteiger partial charge in [0.2, 0.25) is 5.91 Å². The Morgan fingerprint density at radius 1 is 1.38 bits per heavy atom. The van der Waals surface area contributed by atoms with E-state index in [1.807, 2.05) is 0 Å². The molecule has 1 saturated heterocycles. The summed E-state index contributed by atoms with van der Waals surface area (Å²) >= 11 is 5.48. The standard InChI is InChI=1S/C14H15ClF2N2O2/c1-18-13(20)8-3-2-6-19(7-8)14(21)9-4-5-10(16)11(15)12(9)17/h4-5,8H,2-3,6-7H2,1H3,(H,18,20). The van der Waals surface area contributed by atoms with Gasteiger partial charge in [-0.05, 0) is 25.0 Å². The molecular weight excluding hydrogens is 302 g/mol. The lowest BCUT2D eigenvalue weighted by atomic mass is 9.96. The van der Waals surface area contributed by atoms with Crippen LogP contribution in [0.25, 0.3) is 0 Å². The molecule has 1 N–H and O–H groups in total. The second-order valence-corrected chi connectivity index (χ2v) is 5.31. The minimum atomic E-state index is -1.07. The van der Waals surface area contributed by atoms with Crippen LogP contribution < -0.4 is 5.32 Å². The highest BCUT2D eigenvalue weighted by molar-refractivity contribution is 6.31. The minimum absolute atomic E-state index is 0.148. The molecule has 0 radical (unpaired) electrons. The number of piperidine rings is 1. The Balaban J connectivity index is 2.20. The zero-order chi connectivity index (χ0) is 15.6. The lowest BCUT2D eigenvalue weighted by Gasteiger charge is -2.32. The molecular formula is C14H15ClF2N2O2. The molecule has 1 aliphatic heterocycles. The van der Waals surface area contributed by atoms with Gasteiger partial charge in [-0.1, -0.05) is 11.6 Å². The number of halogens is 3. The van der Waals surface area contributed by atoms with E-state index in [1.165, 1.54) is 11.9 Å². The Kier molecular flexibility index (Phi) is 4.77. The molecule has 4 nitrogen and oxygen atoms in total. The van der Waals surface area contributed by atoms with E-state index < -0.39 is 22.6 Å². The van der Waals surface area contributed by atoms with Gasteiger partial charge in [0.15, 0.2) is 5.82 Å². The third-order valence-electron chi connectivity index (χ3n) is 3.59. The van der Waals surface area contributed by atoms with Gasteiger partial charge in [0.1, 0.15) is 10.8 Å². The third-order valence-corrected chi connectivity index (χ3v) is 3.94. The van der Waals surface area contributed by atoms with E-state index in [-0.39, 0.29) is 23.9 Å². The SMILES string of the molecule is CNC(=O)C1CCCN(C(=O)c2ccc(F)c(Cl)c2F)C1. The molecule has 21 heavy (non-hydrogen) atoms. The fourth-order valence-electron chi connectivity index (χ4n) is 2.44. The molecule has 0 spiro atoms. The van der Waals surface area contributed by atoms with Crippen molar-refractivity contribution in [3.63, 3.8) is 0 Å². The van der Waals surface area contributed by atoms with Gasteiger partial charge in [-0.2, -0.15) is 0 Å². The maximum absolute atomic E-state index is 13.9. The van der Waals surface area contributed by atoms with Crippen LogP contribution in [0.3, 0.4) is 0 Å². The number of rotatable bonds is 2. The van der Waals surface area contributed by atoms with Gasteiger partial charge >= 0.3 is 0 Å². The van der Waals surface area contributed by atoms with E-state index in [4.69, 9.17) is 11.6 Å². The van der Waals surface area contributed by atoms with Crippen LogP contribution in [0.4, 0.5) is 8.78 Å². The topological polar surface area (TPSA) is 49.4 Å². The lowest BCUT2D eigenvalue weighted by Crippen LogP contribution is -2.45. The van der Waals surface area contributed by atoms with Gasteiger partial charge in [-0.3, -0.25) is 9.59 Å². The molecule has 1 heterocycles. The fraction of sp³-hybridized carbons (Fsp3) is 0.429. The Hall–Kier alpha value is -1.69. The van der Waals surface area contributed by atoms with Crippen molar-refractivity contribution < 1.29 is 18.4 Å². The van der Waals surface area contributed by atoms with Crippen LogP contribution >= 0.6 is 11.6 Å². The summed E-state index contributed by atoms with van der Waals surface area (Å²) in [6.07, 6.45) is 1.33. The van der Waals surface area contributed by atoms with E-state index in [0.29, 0.717) is 19.4 Å². The number of carbonyl (C=O) groups excluding carboxylic acids is 2. The summed E-state index contributed by atoms with van der Waals surface area (Å²) in [4.78, 5) is 25.4. The van der Waals surface area contributed by atoms with Crippen molar-refractivity contribution in [1.82, 2.24) is 10.2 Å². The molecule has 7 heteroatoms. The maximum Gasteiger partial charge on any atom is 0.256 e. The summed E-state index contributed by atoms with van der Waals surface area (Å²) in [7, 11) is 1.53. The molecule has 0 aliphatic carbocycles. The Morgan fingerprint density at radius 3 is 2.76 bits per heavy atom. The highest BCUT2D eigenvalue weighted by atomic mass is 35.5. The zero-order valence-corrected chi connectivity index (χ0v) is 12.2. The van der Waals surface area contributed by atoms with Gasteiger partial charge in [0.05, 0.1) is 11.5 Å². The quantitative estimate of drug-likeness (QED) is 0.851. The number of amides is 2. The van der Waals surface area contributed by atoms with Crippen LogP contribution in [0.2, 0.25) is 5.02 Å². The average Bonchev–Trinajstić information content (AvgIpc) is 2.51.